The lowest BCUT2D eigenvalue weighted by Gasteiger charge is -2.41. The van der Waals surface area contributed by atoms with E-state index in [-0.39, 0.29) is 13.2 Å². The fourth-order valence-corrected chi connectivity index (χ4v) is 2.20. The zero-order valence-corrected chi connectivity index (χ0v) is 10.9. The Morgan fingerprint density at radius 3 is 2.05 bits per heavy atom. The van der Waals surface area contributed by atoms with Gasteiger partial charge in [-0.15, -0.1) is 0 Å². The second-order valence-corrected chi connectivity index (χ2v) is 4.85. The van der Waals surface area contributed by atoms with Crippen LogP contribution in [-0.4, -0.2) is 95.1 Å². The zero-order chi connectivity index (χ0) is 14.9. The van der Waals surface area contributed by atoms with E-state index in [0.717, 1.165) is 0 Å². The van der Waals surface area contributed by atoms with E-state index >= 15 is 0 Å². The topological polar surface area (TPSA) is 138 Å². The average molecular weight is 296 g/mol. The summed E-state index contributed by atoms with van der Waals surface area (Å²) in [5.41, 5.74) is 0. The van der Waals surface area contributed by atoms with Crippen molar-refractivity contribution in [3.8, 4) is 0 Å². The Bertz CT molecular complexity index is 314. The summed E-state index contributed by atoms with van der Waals surface area (Å²) in [6.45, 7) is -0.347. The third-order valence-corrected chi connectivity index (χ3v) is 3.40. The summed E-state index contributed by atoms with van der Waals surface area (Å²) in [7, 11) is 1.33. The Balaban J connectivity index is 2.00. The molecule has 2 aliphatic heterocycles. The van der Waals surface area contributed by atoms with Gasteiger partial charge < -0.3 is 44.5 Å². The summed E-state index contributed by atoms with van der Waals surface area (Å²) >= 11 is 0. The molecule has 5 N–H and O–H groups in total. The predicted molar refractivity (Wildman–Crippen MR) is 61.4 cm³/mol. The highest BCUT2D eigenvalue weighted by Gasteiger charge is 2.45. The molecule has 118 valence electrons. The number of hydrogen-bond acceptors (Lipinski definition) is 9. The lowest BCUT2D eigenvalue weighted by Crippen LogP contribution is -2.60. The molecule has 2 saturated heterocycles. The van der Waals surface area contributed by atoms with Gasteiger partial charge in [0, 0.05) is 7.11 Å². The standard InChI is InChI=1S/C11H20O9/c1-17-10-8(16)9(5(13)3-18-10)20-11-7(15)6(14)4(12)2-19-11/h4-16H,2-3H2,1H3. The zero-order valence-electron chi connectivity index (χ0n) is 10.9. The summed E-state index contributed by atoms with van der Waals surface area (Å²) in [5.74, 6) is 0. The summed E-state index contributed by atoms with van der Waals surface area (Å²) < 4.78 is 20.3. The lowest BCUT2D eigenvalue weighted by molar-refractivity contribution is -0.331. The highest BCUT2D eigenvalue weighted by atomic mass is 16.7. The highest BCUT2D eigenvalue weighted by Crippen LogP contribution is 2.24. The minimum absolute atomic E-state index is 0.117. The van der Waals surface area contributed by atoms with Crippen LogP contribution in [0.5, 0.6) is 0 Å². The van der Waals surface area contributed by atoms with Gasteiger partial charge in [0.25, 0.3) is 0 Å². The molecule has 0 amide bonds. The maximum atomic E-state index is 9.95. The number of aliphatic hydroxyl groups is 5. The van der Waals surface area contributed by atoms with E-state index in [4.69, 9.17) is 18.9 Å². The van der Waals surface area contributed by atoms with E-state index in [1.165, 1.54) is 7.11 Å². The molecule has 20 heavy (non-hydrogen) atoms. The molecule has 8 atom stereocenters. The lowest BCUT2D eigenvalue weighted by atomic mass is 10.0. The van der Waals surface area contributed by atoms with Crippen LogP contribution in [0, 0.1) is 0 Å². The third-order valence-electron chi connectivity index (χ3n) is 3.40. The van der Waals surface area contributed by atoms with Crippen molar-refractivity contribution in [2.24, 2.45) is 0 Å². The molecule has 0 spiro atoms. The van der Waals surface area contributed by atoms with Gasteiger partial charge in [0.2, 0.25) is 0 Å². The molecule has 0 aliphatic carbocycles. The molecule has 2 aliphatic rings. The first-order valence-corrected chi connectivity index (χ1v) is 6.27. The van der Waals surface area contributed by atoms with Crippen LogP contribution in [0.2, 0.25) is 0 Å². The number of rotatable bonds is 3. The Morgan fingerprint density at radius 1 is 0.800 bits per heavy atom. The number of methoxy groups -OCH3 is 1. The van der Waals surface area contributed by atoms with E-state index in [0.29, 0.717) is 0 Å². The fourth-order valence-electron chi connectivity index (χ4n) is 2.20. The molecule has 9 nitrogen and oxygen atoms in total. The normalized spacial score (nSPS) is 50.1. The van der Waals surface area contributed by atoms with Crippen LogP contribution < -0.4 is 0 Å². The maximum absolute atomic E-state index is 9.95. The quantitative estimate of drug-likeness (QED) is 0.359. The van der Waals surface area contributed by atoms with Crippen LogP contribution in [-0.2, 0) is 18.9 Å². The Kier molecular flexibility index (Phi) is 5.29. The Morgan fingerprint density at radius 2 is 1.40 bits per heavy atom. The van der Waals surface area contributed by atoms with Crippen molar-refractivity contribution in [1.82, 2.24) is 0 Å². The molecule has 0 aromatic rings. The van der Waals surface area contributed by atoms with Crippen molar-refractivity contribution in [3.63, 3.8) is 0 Å². The van der Waals surface area contributed by atoms with E-state index in [1.54, 1.807) is 0 Å². The maximum Gasteiger partial charge on any atom is 0.186 e. The van der Waals surface area contributed by atoms with E-state index in [1.807, 2.05) is 0 Å². The molecule has 2 fully saturated rings. The molecule has 9 heteroatoms. The second kappa shape index (κ2) is 6.60. The number of hydrogen-bond donors (Lipinski definition) is 5. The first-order valence-electron chi connectivity index (χ1n) is 6.27. The summed E-state index contributed by atoms with van der Waals surface area (Å²) in [4.78, 5) is 0. The van der Waals surface area contributed by atoms with Crippen LogP contribution in [0.15, 0.2) is 0 Å². The van der Waals surface area contributed by atoms with Crippen LogP contribution in [0.1, 0.15) is 0 Å². The van der Waals surface area contributed by atoms with Crippen LogP contribution in [0.3, 0.4) is 0 Å². The van der Waals surface area contributed by atoms with E-state index < -0.39 is 49.2 Å². The van der Waals surface area contributed by atoms with Crippen molar-refractivity contribution < 1.29 is 44.5 Å². The first kappa shape index (κ1) is 16.0. The smallest absolute Gasteiger partial charge is 0.186 e. The van der Waals surface area contributed by atoms with Crippen molar-refractivity contribution in [2.45, 2.75) is 49.2 Å². The van der Waals surface area contributed by atoms with Crippen LogP contribution in [0.4, 0.5) is 0 Å². The Hall–Kier alpha value is -0.360. The molecule has 0 aromatic heterocycles. The van der Waals surface area contributed by atoms with E-state index in [2.05, 4.69) is 0 Å². The minimum Gasteiger partial charge on any atom is -0.388 e. The van der Waals surface area contributed by atoms with E-state index in [9.17, 15) is 25.5 Å². The molecule has 0 aromatic carbocycles. The van der Waals surface area contributed by atoms with Crippen LogP contribution >= 0.6 is 0 Å². The third kappa shape index (κ3) is 3.11. The minimum atomic E-state index is -1.50. The average Bonchev–Trinajstić information content (AvgIpc) is 2.43. The largest absolute Gasteiger partial charge is 0.388 e. The molecule has 2 rings (SSSR count). The fraction of sp³-hybridized carbons (Fsp3) is 1.00. The monoisotopic (exact) mass is 296 g/mol. The van der Waals surface area contributed by atoms with Gasteiger partial charge in [-0.2, -0.15) is 0 Å². The molecule has 0 radical (unpaired) electrons. The van der Waals surface area contributed by atoms with Gasteiger partial charge in [-0.3, -0.25) is 0 Å². The molecular weight excluding hydrogens is 276 g/mol. The van der Waals surface area contributed by atoms with Crippen molar-refractivity contribution in [2.75, 3.05) is 20.3 Å². The van der Waals surface area contributed by atoms with Crippen molar-refractivity contribution >= 4 is 0 Å². The molecule has 2 heterocycles. The predicted octanol–water partition coefficient (Wildman–Crippen LogP) is -3.46. The summed E-state index contributed by atoms with van der Waals surface area (Å²) in [6.07, 6.45) is -9.95. The SMILES string of the molecule is COC1OCC(O)C(OC2OCC(O)C(O)C2O)C1O. The van der Waals surface area contributed by atoms with Crippen molar-refractivity contribution in [3.05, 3.63) is 0 Å². The van der Waals surface area contributed by atoms with Crippen molar-refractivity contribution in [1.29, 1.82) is 0 Å². The first-order chi connectivity index (χ1) is 9.45. The molecular formula is C11H20O9. The number of ether oxygens (including phenoxy) is 4. The van der Waals surface area contributed by atoms with Gasteiger partial charge in [-0.25, -0.2) is 0 Å². The summed E-state index contributed by atoms with van der Waals surface area (Å²) in [6, 6.07) is 0. The number of aliphatic hydroxyl groups excluding tert-OH is 5. The molecule has 0 bridgehead atoms. The summed E-state index contributed by atoms with van der Waals surface area (Å²) in [5, 5.41) is 48.3. The van der Waals surface area contributed by atoms with Crippen LogP contribution in [0.25, 0.3) is 0 Å². The Labute approximate surface area is 115 Å². The highest BCUT2D eigenvalue weighted by molar-refractivity contribution is 4.88. The second-order valence-electron chi connectivity index (χ2n) is 4.85. The van der Waals surface area contributed by atoms with Gasteiger partial charge in [-0.1, -0.05) is 0 Å². The molecule has 0 saturated carbocycles. The van der Waals surface area contributed by atoms with Gasteiger partial charge in [0.1, 0.15) is 36.6 Å². The molecule has 8 unspecified atom stereocenters. The van der Waals surface area contributed by atoms with Gasteiger partial charge in [0.15, 0.2) is 12.6 Å². The van der Waals surface area contributed by atoms with Gasteiger partial charge >= 0.3 is 0 Å². The van der Waals surface area contributed by atoms with Gasteiger partial charge in [0.05, 0.1) is 13.2 Å². The van der Waals surface area contributed by atoms with Gasteiger partial charge in [-0.05, 0) is 0 Å².